The molecule has 1 saturated heterocycles. The second-order valence-corrected chi connectivity index (χ2v) is 18.4. The van der Waals surface area contributed by atoms with Gasteiger partial charge in [-0.1, -0.05) is 92.7 Å². The number of nitrogens with one attached hydrogen (secondary N) is 7. The van der Waals surface area contributed by atoms with E-state index in [1.165, 1.54) is 17.0 Å². The van der Waals surface area contributed by atoms with Crippen molar-refractivity contribution in [1.82, 2.24) is 41.5 Å². The third-order valence-electron chi connectivity index (χ3n) is 12.7. The van der Waals surface area contributed by atoms with E-state index >= 15 is 0 Å². The molecule has 372 valence electrons. The normalized spacial score (nSPS) is 15.6. The van der Waals surface area contributed by atoms with Crippen molar-refractivity contribution >= 4 is 63.2 Å². The molecule has 6 aromatic rings. The molecule has 0 bridgehead atoms. The van der Waals surface area contributed by atoms with Gasteiger partial charge in [-0.3, -0.25) is 28.8 Å². The maximum atomic E-state index is 14.8. The molecule has 7 rings (SSSR count). The molecule has 2 aromatic heterocycles. The number of amides is 6. The first-order chi connectivity index (χ1) is 34.2. The van der Waals surface area contributed by atoms with E-state index in [0.29, 0.717) is 23.1 Å². The number of phenols is 1. The Kier molecular flexibility index (Phi) is 16.9. The van der Waals surface area contributed by atoms with Crippen LogP contribution in [0.25, 0.3) is 21.8 Å². The van der Waals surface area contributed by atoms with Gasteiger partial charge < -0.3 is 57.4 Å². The number of carbonyl (C=O) groups excluding carboxylic acids is 6. The second-order valence-electron chi connectivity index (χ2n) is 18.4. The Balaban J connectivity index is 1.14. The van der Waals surface area contributed by atoms with E-state index in [1.807, 2.05) is 92.7 Å². The van der Waals surface area contributed by atoms with E-state index < -0.39 is 77.7 Å². The van der Waals surface area contributed by atoms with Gasteiger partial charge in [0.2, 0.25) is 35.4 Å². The van der Waals surface area contributed by atoms with Gasteiger partial charge in [-0.05, 0) is 71.7 Å². The lowest BCUT2D eigenvalue weighted by molar-refractivity contribution is -0.143. The molecule has 11 N–H and O–H groups in total. The van der Waals surface area contributed by atoms with E-state index in [2.05, 4.69) is 36.6 Å². The number of aromatic nitrogens is 2. The van der Waals surface area contributed by atoms with Gasteiger partial charge in [0.05, 0.1) is 6.54 Å². The molecule has 0 radical (unpaired) electrons. The van der Waals surface area contributed by atoms with Crippen molar-refractivity contribution in [2.75, 3.05) is 13.1 Å². The van der Waals surface area contributed by atoms with E-state index in [9.17, 15) is 43.8 Å². The van der Waals surface area contributed by atoms with Crippen molar-refractivity contribution in [3.8, 4) is 5.75 Å². The summed E-state index contributed by atoms with van der Waals surface area (Å²) in [6.07, 6.45) is 4.31. The SMILES string of the molecule is CC(C)C[C@H](NC(=O)[C@H](Cc1ccccc1)NC(=O)CN)C(=O)N1CCC[C@H]1C(=O)N[C@@H](Cc1c[nH]c2ccccc12)C(=O)N[C@@H](Cc1c[nH]c2ccccc12)C(=O)N[C@@H](Cc1ccc(O)cc1)C(=O)O. The Morgan fingerprint density at radius 2 is 1.11 bits per heavy atom. The number of para-hydroxylation sites is 2. The standard InChI is InChI=1S/C53H61N9O9/c1-31(2)23-44(60-48(65)41(57-47(64)28-54)24-32-11-4-3-5-12-32)52(69)62-22-10-17-46(62)51(68)59-43(27-35-30-56-40-16-9-7-14-38(35)40)49(66)58-42(26-34-29-55-39-15-8-6-13-37(34)39)50(67)61-45(53(70)71)25-33-18-20-36(63)21-19-33/h3-9,11-16,18-21,29-31,41-46,55-56,63H,10,17,22-28,54H2,1-2H3,(H,57,64)(H,58,66)(H,59,68)(H,60,65)(H,61,67)(H,70,71)/t41-,42-,43-,44-,45-,46-/m0/s1. The summed E-state index contributed by atoms with van der Waals surface area (Å²) < 4.78 is 0. The van der Waals surface area contributed by atoms with Gasteiger partial charge in [-0.15, -0.1) is 0 Å². The number of phenolic OH excluding ortho intramolecular Hbond substituents is 1. The lowest BCUT2D eigenvalue weighted by Crippen LogP contribution is -2.60. The number of aromatic hydroxyl groups is 1. The fourth-order valence-corrected chi connectivity index (χ4v) is 9.12. The first kappa shape index (κ1) is 50.9. The van der Waals surface area contributed by atoms with Gasteiger partial charge in [0.25, 0.3) is 0 Å². The molecule has 0 spiro atoms. The number of carboxylic acid groups (broad SMARTS) is 1. The van der Waals surface area contributed by atoms with Crippen LogP contribution in [0.15, 0.2) is 116 Å². The van der Waals surface area contributed by atoms with Crippen molar-refractivity contribution < 1.29 is 43.8 Å². The predicted molar refractivity (Wildman–Crippen MR) is 266 cm³/mol. The van der Waals surface area contributed by atoms with E-state index in [1.54, 1.807) is 24.5 Å². The molecule has 6 amide bonds. The molecule has 1 aliphatic rings. The number of carbonyl (C=O) groups is 7. The van der Waals surface area contributed by atoms with Gasteiger partial charge in [0.1, 0.15) is 42.0 Å². The summed E-state index contributed by atoms with van der Waals surface area (Å²) in [5.41, 5.74) is 9.83. The van der Waals surface area contributed by atoms with Crippen LogP contribution >= 0.6 is 0 Å². The van der Waals surface area contributed by atoms with Crippen LogP contribution in [0.4, 0.5) is 0 Å². The number of rotatable bonds is 22. The van der Waals surface area contributed by atoms with Crippen LogP contribution in [0.1, 0.15) is 55.4 Å². The molecular formula is C53H61N9O9. The minimum atomic E-state index is -1.41. The van der Waals surface area contributed by atoms with Crippen LogP contribution in [0.5, 0.6) is 5.75 Å². The first-order valence-electron chi connectivity index (χ1n) is 23.8. The number of aliphatic carboxylic acids is 1. The zero-order chi connectivity index (χ0) is 50.6. The summed E-state index contributed by atoms with van der Waals surface area (Å²) in [6.45, 7) is 3.65. The van der Waals surface area contributed by atoms with Crippen molar-refractivity contribution in [2.45, 2.75) is 95.0 Å². The number of hydrogen-bond donors (Lipinski definition) is 10. The zero-order valence-electron chi connectivity index (χ0n) is 39.7. The number of aromatic amines is 2. The number of nitrogens with zero attached hydrogens (tertiary/aromatic N) is 1. The summed E-state index contributed by atoms with van der Waals surface area (Å²) >= 11 is 0. The quantitative estimate of drug-likeness (QED) is 0.0475. The summed E-state index contributed by atoms with van der Waals surface area (Å²) in [5, 5.41) is 35.5. The summed E-state index contributed by atoms with van der Waals surface area (Å²) in [7, 11) is 0. The molecule has 18 heteroatoms. The van der Waals surface area contributed by atoms with Crippen molar-refractivity contribution in [2.24, 2.45) is 11.7 Å². The number of nitrogens with two attached hydrogens (primary N) is 1. The Bertz CT molecular complexity index is 2840. The highest BCUT2D eigenvalue weighted by atomic mass is 16.4. The topological polar surface area (TPSA) is 281 Å². The Morgan fingerprint density at radius 1 is 0.620 bits per heavy atom. The number of H-pyrrole nitrogens is 2. The fourth-order valence-electron chi connectivity index (χ4n) is 9.12. The number of benzene rings is 4. The third-order valence-corrected chi connectivity index (χ3v) is 12.7. The van der Waals surface area contributed by atoms with Gasteiger partial charge >= 0.3 is 5.97 Å². The first-order valence-corrected chi connectivity index (χ1v) is 23.8. The zero-order valence-corrected chi connectivity index (χ0v) is 39.7. The lowest BCUT2D eigenvalue weighted by atomic mass is 9.99. The van der Waals surface area contributed by atoms with Crippen LogP contribution in [0, 0.1) is 5.92 Å². The molecule has 1 fully saturated rings. The predicted octanol–water partition coefficient (Wildman–Crippen LogP) is 3.13. The smallest absolute Gasteiger partial charge is 0.326 e. The van der Waals surface area contributed by atoms with Crippen LogP contribution < -0.4 is 32.3 Å². The molecule has 3 heterocycles. The number of carboxylic acids is 1. The Hall–Kier alpha value is -7.99. The second kappa shape index (κ2) is 23.5. The minimum absolute atomic E-state index is 0.00788. The monoisotopic (exact) mass is 967 g/mol. The Labute approximate surface area is 410 Å². The summed E-state index contributed by atoms with van der Waals surface area (Å²) in [6, 6.07) is 22.7. The molecule has 4 aromatic carbocycles. The van der Waals surface area contributed by atoms with Crippen molar-refractivity contribution in [3.63, 3.8) is 0 Å². The molecule has 0 aliphatic carbocycles. The number of hydrogen-bond acceptors (Lipinski definition) is 9. The molecule has 71 heavy (non-hydrogen) atoms. The van der Waals surface area contributed by atoms with E-state index in [0.717, 1.165) is 27.4 Å². The summed E-state index contributed by atoms with van der Waals surface area (Å²) in [5.74, 6) is -5.17. The number of fused-ring (bicyclic) bond motifs is 2. The van der Waals surface area contributed by atoms with Crippen molar-refractivity contribution in [3.05, 3.63) is 138 Å². The molecule has 0 saturated carbocycles. The highest BCUT2D eigenvalue weighted by molar-refractivity contribution is 5.98. The number of likely N-dealkylation sites (tertiary alicyclic amines) is 1. The highest BCUT2D eigenvalue weighted by Crippen LogP contribution is 2.24. The molecule has 0 unspecified atom stereocenters. The third kappa shape index (κ3) is 13.2. The maximum absolute atomic E-state index is 14.8. The fraction of sp³-hybridized carbons (Fsp3) is 0.340. The lowest BCUT2D eigenvalue weighted by Gasteiger charge is -2.31. The Morgan fingerprint density at radius 3 is 1.68 bits per heavy atom. The maximum Gasteiger partial charge on any atom is 0.326 e. The van der Waals surface area contributed by atoms with Crippen LogP contribution in [0.2, 0.25) is 0 Å². The van der Waals surface area contributed by atoms with E-state index in [4.69, 9.17) is 5.73 Å². The van der Waals surface area contributed by atoms with Crippen molar-refractivity contribution in [1.29, 1.82) is 0 Å². The van der Waals surface area contributed by atoms with Crippen LogP contribution in [-0.2, 0) is 59.2 Å². The van der Waals surface area contributed by atoms with Gasteiger partial charge in [-0.2, -0.15) is 0 Å². The van der Waals surface area contributed by atoms with Crippen LogP contribution in [-0.4, -0.2) is 116 Å². The average Bonchev–Trinajstić information content (AvgIpc) is 4.13. The molecule has 6 atom stereocenters. The molecular weight excluding hydrogens is 907 g/mol. The highest BCUT2D eigenvalue weighted by Gasteiger charge is 2.40. The average molecular weight is 968 g/mol. The van der Waals surface area contributed by atoms with E-state index in [-0.39, 0.29) is 63.3 Å². The van der Waals surface area contributed by atoms with Crippen LogP contribution in [0.3, 0.4) is 0 Å². The largest absolute Gasteiger partial charge is 0.508 e. The van der Waals surface area contributed by atoms with Gasteiger partial charge in [0.15, 0.2) is 0 Å². The molecule has 1 aliphatic heterocycles. The van der Waals surface area contributed by atoms with Gasteiger partial charge in [0, 0.05) is 66.4 Å². The minimum Gasteiger partial charge on any atom is -0.508 e. The molecule has 18 nitrogen and oxygen atoms in total. The van der Waals surface area contributed by atoms with Gasteiger partial charge in [-0.25, -0.2) is 4.79 Å². The summed E-state index contributed by atoms with van der Waals surface area (Å²) in [4.78, 5) is 105.